The van der Waals surface area contributed by atoms with E-state index in [9.17, 15) is 14.4 Å². The fraction of sp³-hybridized carbons (Fsp3) is 0.250. The zero-order chi connectivity index (χ0) is 21.1. The average Bonchev–Trinajstić information content (AvgIpc) is 2.71. The van der Waals surface area contributed by atoms with E-state index in [0.29, 0.717) is 17.2 Å². The van der Waals surface area contributed by atoms with Crippen molar-refractivity contribution >= 4 is 45.3 Å². The molecule has 0 unspecified atom stereocenters. The molecular formula is C20H20BrClN2O5. The van der Waals surface area contributed by atoms with Gasteiger partial charge in [-0.15, -0.1) is 0 Å². The Morgan fingerprint density at radius 3 is 2.41 bits per heavy atom. The SMILES string of the molecule is O=C(CCC(=O)OCCc1ccccc1)NNC(=O)COc1ccc(Br)cc1Cl. The molecule has 0 aliphatic heterocycles. The third-order valence-corrected chi connectivity index (χ3v) is 4.44. The molecule has 2 aromatic carbocycles. The maximum atomic E-state index is 11.7. The van der Waals surface area contributed by atoms with E-state index in [4.69, 9.17) is 21.1 Å². The molecule has 2 N–H and O–H groups in total. The zero-order valence-corrected chi connectivity index (χ0v) is 17.8. The second-order valence-electron chi connectivity index (χ2n) is 5.92. The molecule has 7 nitrogen and oxygen atoms in total. The van der Waals surface area contributed by atoms with Crippen molar-refractivity contribution in [3.63, 3.8) is 0 Å². The summed E-state index contributed by atoms with van der Waals surface area (Å²) in [5, 5.41) is 0.349. The van der Waals surface area contributed by atoms with Crippen LogP contribution >= 0.6 is 27.5 Å². The third-order valence-electron chi connectivity index (χ3n) is 3.65. The third kappa shape index (κ3) is 8.97. The Labute approximate surface area is 181 Å². The van der Waals surface area contributed by atoms with E-state index >= 15 is 0 Å². The highest BCUT2D eigenvalue weighted by atomic mass is 79.9. The minimum Gasteiger partial charge on any atom is -0.482 e. The van der Waals surface area contributed by atoms with Gasteiger partial charge in [-0.25, -0.2) is 0 Å². The summed E-state index contributed by atoms with van der Waals surface area (Å²) in [6.07, 6.45) is 0.419. The molecule has 2 rings (SSSR count). The zero-order valence-electron chi connectivity index (χ0n) is 15.5. The highest BCUT2D eigenvalue weighted by Gasteiger charge is 2.10. The van der Waals surface area contributed by atoms with Gasteiger partial charge in [-0.3, -0.25) is 25.2 Å². The minimum atomic E-state index is -0.567. The van der Waals surface area contributed by atoms with Crippen LogP contribution in [0, 0.1) is 0 Å². The summed E-state index contributed by atoms with van der Waals surface area (Å²) in [6.45, 7) is -0.0830. The predicted octanol–water partition coefficient (Wildman–Crippen LogP) is 3.19. The molecule has 0 atom stereocenters. The first-order valence-electron chi connectivity index (χ1n) is 8.79. The van der Waals surface area contributed by atoms with E-state index < -0.39 is 17.8 Å². The van der Waals surface area contributed by atoms with Gasteiger partial charge < -0.3 is 9.47 Å². The molecule has 0 spiro atoms. The number of carbonyl (C=O) groups excluding carboxylic acids is 3. The molecular weight excluding hydrogens is 464 g/mol. The van der Waals surface area contributed by atoms with Crippen LogP contribution in [-0.2, 0) is 25.5 Å². The lowest BCUT2D eigenvalue weighted by molar-refractivity contribution is -0.145. The molecule has 0 saturated heterocycles. The smallest absolute Gasteiger partial charge is 0.306 e. The van der Waals surface area contributed by atoms with Crippen molar-refractivity contribution in [2.24, 2.45) is 0 Å². The maximum absolute atomic E-state index is 11.7. The van der Waals surface area contributed by atoms with Gasteiger partial charge in [0.15, 0.2) is 6.61 Å². The summed E-state index contributed by atoms with van der Waals surface area (Å²) in [5.41, 5.74) is 5.48. The van der Waals surface area contributed by atoms with Crippen molar-refractivity contribution < 1.29 is 23.9 Å². The Kier molecular flexibility index (Phi) is 9.46. The van der Waals surface area contributed by atoms with Crippen LogP contribution in [-0.4, -0.2) is 31.0 Å². The van der Waals surface area contributed by atoms with E-state index in [-0.39, 0.29) is 26.1 Å². The number of hydrazine groups is 1. The van der Waals surface area contributed by atoms with Gasteiger partial charge in [0.25, 0.3) is 5.91 Å². The van der Waals surface area contributed by atoms with Crippen molar-refractivity contribution in [1.82, 2.24) is 10.9 Å². The van der Waals surface area contributed by atoms with Gasteiger partial charge in [-0.05, 0) is 23.8 Å². The van der Waals surface area contributed by atoms with Crippen LogP contribution < -0.4 is 15.6 Å². The molecule has 0 radical (unpaired) electrons. The predicted molar refractivity (Wildman–Crippen MR) is 111 cm³/mol. The van der Waals surface area contributed by atoms with Crippen molar-refractivity contribution in [2.75, 3.05) is 13.2 Å². The van der Waals surface area contributed by atoms with Gasteiger partial charge in [0.2, 0.25) is 5.91 Å². The summed E-state index contributed by atoms with van der Waals surface area (Å²) in [4.78, 5) is 35.1. The van der Waals surface area contributed by atoms with Crippen LogP contribution in [0.15, 0.2) is 53.0 Å². The van der Waals surface area contributed by atoms with E-state index in [1.807, 2.05) is 30.3 Å². The van der Waals surface area contributed by atoms with Gasteiger partial charge >= 0.3 is 5.97 Å². The number of carbonyl (C=O) groups is 3. The van der Waals surface area contributed by atoms with Crippen molar-refractivity contribution in [3.8, 4) is 5.75 Å². The molecule has 0 saturated carbocycles. The Hall–Kier alpha value is -2.58. The number of rotatable bonds is 9. The first kappa shape index (κ1) is 22.7. The molecule has 0 fully saturated rings. The van der Waals surface area contributed by atoms with E-state index in [1.165, 1.54) is 0 Å². The fourth-order valence-electron chi connectivity index (χ4n) is 2.19. The average molecular weight is 484 g/mol. The molecule has 154 valence electrons. The van der Waals surface area contributed by atoms with Crippen LogP contribution in [0.25, 0.3) is 0 Å². The lowest BCUT2D eigenvalue weighted by Gasteiger charge is -2.10. The molecule has 0 heterocycles. The van der Waals surface area contributed by atoms with Gasteiger partial charge in [-0.2, -0.15) is 0 Å². The van der Waals surface area contributed by atoms with Crippen LogP contribution in [0.1, 0.15) is 18.4 Å². The maximum Gasteiger partial charge on any atom is 0.306 e. The topological polar surface area (TPSA) is 93.7 Å². The lowest BCUT2D eigenvalue weighted by atomic mass is 10.2. The number of nitrogens with one attached hydrogen (secondary N) is 2. The van der Waals surface area contributed by atoms with Crippen LogP contribution in [0.4, 0.5) is 0 Å². The number of hydrogen-bond donors (Lipinski definition) is 2. The van der Waals surface area contributed by atoms with Gasteiger partial charge in [-0.1, -0.05) is 57.9 Å². The molecule has 29 heavy (non-hydrogen) atoms. The summed E-state index contributed by atoms with van der Waals surface area (Å²) in [6, 6.07) is 14.6. The van der Waals surface area contributed by atoms with Crippen LogP contribution in [0.3, 0.4) is 0 Å². The Balaban J connectivity index is 1.57. The van der Waals surface area contributed by atoms with Crippen LogP contribution in [0.2, 0.25) is 5.02 Å². The van der Waals surface area contributed by atoms with Crippen molar-refractivity contribution in [3.05, 3.63) is 63.6 Å². The number of amides is 2. The van der Waals surface area contributed by atoms with E-state index in [1.54, 1.807) is 18.2 Å². The quantitative estimate of drug-likeness (QED) is 0.422. The molecule has 0 aliphatic rings. The molecule has 9 heteroatoms. The Morgan fingerprint density at radius 1 is 0.966 bits per heavy atom. The Morgan fingerprint density at radius 2 is 1.69 bits per heavy atom. The largest absolute Gasteiger partial charge is 0.482 e. The first-order chi connectivity index (χ1) is 13.9. The van der Waals surface area contributed by atoms with Crippen LogP contribution in [0.5, 0.6) is 5.75 Å². The number of hydrogen-bond acceptors (Lipinski definition) is 5. The van der Waals surface area contributed by atoms with Gasteiger partial charge in [0.1, 0.15) is 5.75 Å². The number of ether oxygens (including phenoxy) is 2. The number of esters is 1. The summed E-state index contributed by atoms with van der Waals surface area (Å²) in [5.74, 6) is -1.21. The van der Waals surface area contributed by atoms with Crippen molar-refractivity contribution in [2.45, 2.75) is 19.3 Å². The molecule has 0 aliphatic carbocycles. The fourth-order valence-corrected chi connectivity index (χ4v) is 2.92. The highest BCUT2D eigenvalue weighted by Crippen LogP contribution is 2.27. The minimum absolute atomic E-state index is 0.0819. The normalized spacial score (nSPS) is 10.1. The molecule has 2 aromatic rings. The Bertz CT molecular complexity index is 848. The van der Waals surface area contributed by atoms with E-state index in [0.717, 1.165) is 10.0 Å². The number of halogens is 2. The highest BCUT2D eigenvalue weighted by molar-refractivity contribution is 9.10. The van der Waals surface area contributed by atoms with Gasteiger partial charge in [0.05, 0.1) is 18.1 Å². The standard InChI is InChI=1S/C20H20BrClN2O5/c21-15-6-7-17(16(22)12-15)29-13-19(26)24-23-18(25)8-9-20(27)28-11-10-14-4-2-1-3-5-14/h1-7,12H,8-11,13H2,(H,23,25)(H,24,26). The summed E-state index contributed by atoms with van der Waals surface area (Å²) in [7, 11) is 0. The first-order valence-corrected chi connectivity index (χ1v) is 9.96. The van der Waals surface area contributed by atoms with E-state index in [2.05, 4.69) is 26.8 Å². The summed E-state index contributed by atoms with van der Waals surface area (Å²) >= 11 is 9.25. The van der Waals surface area contributed by atoms with Gasteiger partial charge in [0, 0.05) is 17.3 Å². The second kappa shape index (κ2) is 12.1. The molecule has 2 amide bonds. The molecule has 0 bridgehead atoms. The summed E-state index contributed by atoms with van der Waals surface area (Å²) < 4.78 is 11.1. The van der Waals surface area contributed by atoms with Crippen molar-refractivity contribution in [1.29, 1.82) is 0 Å². The second-order valence-corrected chi connectivity index (χ2v) is 7.24. The number of benzene rings is 2. The monoisotopic (exact) mass is 482 g/mol. The lowest BCUT2D eigenvalue weighted by Crippen LogP contribution is -2.43. The molecule has 0 aromatic heterocycles.